The molecule has 1 atom stereocenters. The van der Waals surface area contributed by atoms with Gasteiger partial charge in [0.05, 0.1) is 40.0 Å². The molecule has 1 aliphatic heterocycles. The van der Waals surface area contributed by atoms with Gasteiger partial charge in [0.15, 0.2) is 0 Å². The molecule has 2 amide bonds. The molecule has 2 N–H and O–H groups in total. The highest BCUT2D eigenvalue weighted by Crippen LogP contribution is 2.35. The Morgan fingerprint density at radius 3 is 2.40 bits per heavy atom. The van der Waals surface area contributed by atoms with Crippen LogP contribution < -0.4 is 15.4 Å². The quantitative estimate of drug-likeness (QED) is 0.313. The average molecular weight is 600 g/mol. The van der Waals surface area contributed by atoms with E-state index in [1.807, 2.05) is 13.8 Å². The van der Waals surface area contributed by atoms with E-state index in [2.05, 4.69) is 32.7 Å². The van der Waals surface area contributed by atoms with Crippen molar-refractivity contribution in [1.29, 1.82) is 10.5 Å². The van der Waals surface area contributed by atoms with E-state index in [-0.39, 0.29) is 29.5 Å². The van der Waals surface area contributed by atoms with Crippen LogP contribution in [0.15, 0.2) is 47.5 Å². The molecule has 0 radical (unpaired) electrons. The highest BCUT2D eigenvalue weighted by atomic mass is 32.2. The molecule has 43 heavy (non-hydrogen) atoms. The van der Waals surface area contributed by atoms with Crippen molar-refractivity contribution < 1.29 is 19.1 Å². The van der Waals surface area contributed by atoms with Gasteiger partial charge in [0.2, 0.25) is 17.7 Å². The number of anilines is 2. The summed E-state index contributed by atoms with van der Waals surface area (Å²) in [6, 6.07) is 14.4. The minimum atomic E-state index is -0.599. The van der Waals surface area contributed by atoms with Crippen molar-refractivity contribution in [3.8, 4) is 23.8 Å². The zero-order chi connectivity index (χ0) is 31.1. The van der Waals surface area contributed by atoms with E-state index in [0.717, 1.165) is 11.1 Å². The van der Waals surface area contributed by atoms with Gasteiger partial charge in [-0.2, -0.15) is 15.5 Å². The Kier molecular flexibility index (Phi) is 9.73. The minimum Gasteiger partial charge on any atom is -0.444 e. The summed E-state index contributed by atoms with van der Waals surface area (Å²) < 4.78 is 11.6. The number of nitrogens with one attached hydrogen (secondary N) is 2. The fraction of sp³-hybridized carbons (Fsp3) is 0.355. The summed E-state index contributed by atoms with van der Waals surface area (Å²) in [4.78, 5) is 36.5. The minimum absolute atomic E-state index is 0.0880. The van der Waals surface area contributed by atoms with Crippen molar-refractivity contribution in [2.45, 2.75) is 57.6 Å². The molecule has 4 rings (SSSR count). The first kappa shape index (κ1) is 31.1. The lowest BCUT2D eigenvalue weighted by molar-refractivity contribution is -0.127. The summed E-state index contributed by atoms with van der Waals surface area (Å²) in [5, 5.41) is 24.4. The number of hydrogen-bond donors (Lipinski definition) is 2. The second-order valence-electron chi connectivity index (χ2n) is 11.1. The molecule has 1 aliphatic rings. The van der Waals surface area contributed by atoms with Gasteiger partial charge < -0.3 is 25.0 Å². The highest BCUT2D eigenvalue weighted by molar-refractivity contribution is 8.00. The number of carbonyl (C=O) groups is 2. The van der Waals surface area contributed by atoms with E-state index >= 15 is 0 Å². The summed E-state index contributed by atoms with van der Waals surface area (Å²) in [6.45, 7) is 10.0. The zero-order valence-electron chi connectivity index (χ0n) is 24.7. The number of hydrogen-bond acceptors (Lipinski definition) is 10. The number of nitrogens with zero attached hydrogens (tertiary/aromatic N) is 5. The van der Waals surface area contributed by atoms with Gasteiger partial charge in [0, 0.05) is 25.0 Å². The van der Waals surface area contributed by atoms with Gasteiger partial charge in [0.25, 0.3) is 0 Å². The maximum atomic E-state index is 13.1. The number of carbonyl (C=O) groups excluding carboxylic acids is 2. The maximum Gasteiger partial charge on any atom is 0.407 e. The fourth-order valence-corrected chi connectivity index (χ4v) is 5.23. The molecule has 1 fully saturated rings. The monoisotopic (exact) mass is 599 g/mol. The zero-order valence-corrected chi connectivity index (χ0v) is 25.5. The summed E-state index contributed by atoms with van der Waals surface area (Å²) in [5.74, 6) is 1.12. The van der Waals surface area contributed by atoms with E-state index < -0.39 is 11.7 Å². The second-order valence-corrected chi connectivity index (χ2v) is 12.1. The second kappa shape index (κ2) is 13.4. The first-order valence-electron chi connectivity index (χ1n) is 13.7. The summed E-state index contributed by atoms with van der Waals surface area (Å²) in [5.41, 5.74) is 2.68. The molecule has 2 heterocycles. The van der Waals surface area contributed by atoms with Crippen molar-refractivity contribution in [3.05, 3.63) is 64.8 Å². The molecule has 1 saturated heterocycles. The van der Waals surface area contributed by atoms with Crippen LogP contribution >= 0.6 is 11.8 Å². The number of amides is 2. The van der Waals surface area contributed by atoms with Gasteiger partial charge in [0.1, 0.15) is 11.4 Å². The number of nitriles is 2. The van der Waals surface area contributed by atoms with Crippen LogP contribution in [0.25, 0.3) is 0 Å². The smallest absolute Gasteiger partial charge is 0.407 e. The number of alkyl carbamates (subject to hydrolysis) is 1. The van der Waals surface area contributed by atoms with Gasteiger partial charge in [-0.05, 0) is 88.6 Å². The molecule has 0 spiro atoms. The van der Waals surface area contributed by atoms with E-state index in [1.165, 1.54) is 11.8 Å². The topological polar surface area (TPSA) is 153 Å². The van der Waals surface area contributed by atoms with Crippen molar-refractivity contribution in [1.82, 2.24) is 20.2 Å². The standard InChI is InChI=1S/C31H33N7O4S/c1-19-12-22(15-33)13-20(2)27(19)41-28-25(16-34-29(37-28)35-23-8-6-21(14-32)7-9-23)43-18-26(39)38-11-10-24(17-38)36-30(40)42-31(3,4)5/h6-9,12-13,16,24H,10-11,17-18H2,1-5H3,(H,36,40)(H,34,35,37)/t24-/m0/s1. The molecule has 1 aromatic heterocycles. The van der Waals surface area contributed by atoms with Crippen molar-refractivity contribution in [2.75, 3.05) is 24.2 Å². The van der Waals surface area contributed by atoms with Gasteiger partial charge >= 0.3 is 6.09 Å². The largest absolute Gasteiger partial charge is 0.444 e. The summed E-state index contributed by atoms with van der Waals surface area (Å²) in [6.07, 6.45) is 1.74. The average Bonchev–Trinajstić information content (AvgIpc) is 3.42. The predicted molar refractivity (Wildman–Crippen MR) is 162 cm³/mol. The number of thioether (sulfide) groups is 1. The third-order valence-electron chi connectivity index (χ3n) is 6.39. The molecular weight excluding hydrogens is 566 g/mol. The first-order valence-corrected chi connectivity index (χ1v) is 14.7. The first-order chi connectivity index (χ1) is 20.4. The van der Waals surface area contributed by atoms with Crippen LogP contribution in [-0.2, 0) is 9.53 Å². The van der Waals surface area contributed by atoms with Crippen LogP contribution in [0.1, 0.15) is 49.4 Å². The van der Waals surface area contributed by atoms with E-state index in [4.69, 9.17) is 14.7 Å². The molecule has 3 aromatic rings. The number of rotatable bonds is 8. The molecular formula is C31H33N7O4S. The lowest BCUT2D eigenvalue weighted by atomic mass is 10.1. The third kappa shape index (κ3) is 8.60. The molecule has 12 heteroatoms. The SMILES string of the molecule is Cc1cc(C#N)cc(C)c1Oc1nc(Nc2ccc(C#N)cc2)ncc1SCC(=O)N1CC[C@H](NC(=O)OC(C)(C)C)C1. The Labute approximate surface area is 255 Å². The Balaban J connectivity index is 1.49. The number of benzene rings is 2. The Bertz CT molecular complexity index is 1570. The van der Waals surface area contributed by atoms with Crippen molar-refractivity contribution in [2.24, 2.45) is 0 Å². The van der Waals surface area contributed by atoms with Crippen molar-refractivity contribution in [3.63, 3.8) is 0 Å². The van der Waals surface area contributed by atoms with Crippen LogP contribution in [0.2, 0.25) is 0 Å². The molecule has 222 valence electrons. The maximum absolute atomic E-state index is 13.1. The van der Waals surface area contributed by atoms with Crippen molar-refractivity contribution >= 4 is 35.4 Å². The van der Waals surface area contributed by atoms with Crippen LogP contribution in [0.3, 0.4) is 0 Å². The van der Waals surface area contributed by atoms with Crippen LogP contribution in [0.5, 0.6) is 11.6 Å². The molecule has 0 saturated carbocycles. The van der Waals surface area contributed by atoms with E-state index in [9.17, 15) is 14.9 Å². The van der Waals surface area contributed by atoms with E-state index in [0.29, 0.717) is 47.0 Å². The Morgan fingerprint density at radius 2 is 1.77 bits per heavy atom. The van der Waals surface area contributed by atoms with Crippen LogP contribution in [0.4, 0.5) is 16.4 Å². The normalized spacial score (nSPS) is 14.4. The predicted octanol–water partition coefficient (Wildman–Crippen LogP) is 5.59. The Hall–Kier alpha value is -4.81. The molecule has 2 aromatic carbocycles. The van der Waals surface area contributed by atoms with Gasteiger partial charge in [-0.15, -0.1) is 11.8 Å². The number of ether oxygens (including phenoxy) is 2. The Morgan fingerprint density at radius 1 is 1.09 bits per heavy atom. The number of aromatic nitrogens is 2. The number of likely N-dealkylation sites (tertiary alicyclic amines) is 1. The molecule has 0 bridgehead atoms. The lowest BCUT2D eigenvalue weighted by Gasteiger charge is -2.22. The van der Waals surface area contributed by atoms with E-state index in [1.54, 1.807) is 68.3 Å². The summed E-state index contributed by atoms with van der Waals surface area (Å²) in [7, 11) is 0. The molecule has 0 unspecified atom stereocenters. The fourth-order valence-electron chi connectivity index (χ4n) is 4.43. The van der Waals surface area contributed by atoms with Crippen LogP contribution in [-0.4, -0.2) is 57.4 Å². The van der Waals surface area contributed by atoms with Gasteiger partial charge in [-0.1, -0.05) is 0 Å². The summed E-state index contributed by atoms with van der Waals surface area (Å²) >= 11 is 1.25. The lowest BCUT2D eigenvalue weighted by Crippen LogP contribution is -2.41. The third-order valence-corrected chi connectivity index (χ3v) is 7.38. The highest BCUT2D eigenvalue weighted by Gasteiger charge is 2.29. The van der Waals surface area contributed by atoms with Crippen LogP contribution in [0, 0.1) is 36.5 Å². The van der Waals surface area contributed by atoms with Gasteiger partial charge in [-0.3, -0.25) is 4.79 Å². The van der Waals surface area contributed by atoms with Gasteiger partial charge in [-0.25, -0.2) is 9.78 Å². The number of aryl methyl sites for hydroxylation is 2. The molecule has 0 aliphatic carbocycles. The molecule has 11 nitrogen and oxygen atoms in total.